The number of aliphatic hydroxyl groups excluding tert-OH is 1. The van der Waals surface area contributed by atoms with E-state index in [0.717, 1.165) is 24.2 Å². The first kappa shape index (κ1) is 19.8. The first-order chi connectivity index (χ1) is 13.8. The fraction of sp³-hybridized carbons (Fsp3) is 0.476. The number of hydrogen-bond donors (Lipinski definition) is 2. The zero-order valence-corrected chi connectivity index (χ0v) is 16.8. The fourth-order valence-electron chi connectivity index (χ4n) is 3.60. The molecule has 0 radical (unpaired) electrons. The van der Waals surface area contributed by atoms with Crippen molar-refractivity contribution in [2.45, 2.75) is 57.1 Å². The lowest BCUT2D eigenvalue weighted by Crippen LogP contribution is -2.23. The summed E-state index contributed by atoms with van der Waals surface area (Å²) in [7, 11) is 1.63. The van der Waals surface area contributed by atoms with Crippen molar-refractivity contribution < 1.29 is 19.7 Å². The molecule has 2 heterocycles. The first-order valence-corrected chi connectivity index (χ1v) is 9.75. The molecule has 2 aliphatic heterocycles. The van der Waals surface area contributed by atoms with Crippen LogP contribution < -0.4 is 4.74 Å². The Morgan fingerprint density at radius 3 is 2.55 bits per heavy atom. The molecule has 3 aliphatic rings. The van der Waals surface area contributed by atoms with Gasteiger partial charge in [-0.05, 0) is 45.2 Å². The molecule has 8 heteroatoms. The van der Waals surface area contributed by atoms with Crippen LogP contribution in [-0.4, -0.2) is 49.0 Å². The van der Waals surface area contributed by atoms with E-state index in [9.17, 15) is 10.2 Å². The van der Waals surface area contributed by atoms with Crippen molar-refractivity contribution in [1.29, 1.82) is 0 Å². The van der Waals surface area contributed by atoms with Gasteiger partial charge in [0.1, 0.15) is 17.0 Å². The summed E-state index contributed by atoms with van der Waals surface area (Å²) in [4.78, 5) is 13.3. The van der Waals surface area contributed by atoms with Gasteiger partial charge in [-0.25, -0.2) is 15.0 Å². The second kappa shape index (κ2) is 7.70. The number of benzene rings is 1. The number of rotatable bonds is 6. The minimum atomic E-state index is -1.16. The van der Waals surface area contributed by atoms with E-state index < -0.39 is 11.8 Å². The first-order valence-electron chi connectivity index (χ1n) is 9.75. The van der Waals surface area contributed by atoms with Gasteiger partial charge in [-0.2, -0.15) is 0 Å². The highest BCUT2D eigenvalue weighted by Gasteiger charge is 2.31. The SMILES string of the molecule is COc1ccc(C(OC2CCC(O)C2)n2cncc3nc(C(C)(C)O)nc2-3)cc1. The van der Waals surface area contributed by atoms with Crippen LogP contribution in [0.15, 0.2) is 36.8 Å². The standard InChI is InChI=1S/C21H26N4O4/c1-21(2,27)20-23-17-11-22-12-25(18(17)24-20)19(29-16-9-6-14(26)10-16)13-4-7-15(28-3)8-5-13/h4-5,7-8,11-12,14,16,19,26-27H,6,9-10H2,1-3H3. The molecule has 1 fully saturated rings. The van der Waals surface area contributed by atoms with E-state index in [1.54, 1.807) is 33.5 Å². The third kappa shape index (κ3) is 4.10. The van der Waals surface area contributed by atoms with Crippen LogP contribution in [0.3, 0.4) is 0 Å². The number of fused-ring (bicyclic) bond motifs is 1. The third-order valence-corrected chi connectivity index (χ3v) is 5.18. The monoisotopic (exact) mass is 398 g/mol. The van der Waals surface area contributed by atoms with Crippen molar-refractivity contribution in [3.8, 4) is 17.3 Å². The van der Waals surface area contributed by atoms with Crippen molar-refractivity contribution in [2.24, 2.45) is 0 Å². The van der Waals surface area contributed by atoms with E-state index in [0.29, 0.717) is 23.8 Å². The van der Waals surface area contributed by atoms with Gasteiger partial charge >= 0.3 is 0 Å². The summed E-state index contributed by atoms with van der Waals surface area (Å²) in [6.07, 6.45) is 4.49. The summed E-state index contributed by atoms with van der Waals surface area (Å²) >= 11 is 0. The summed E-state index contributed by atoms with van der Waals surface area (Å²) < 4.78 is 13.5. The molecule has 1 aromatic rings. The second-order valence-electron chi connectivity index (χ2n) is 7.97. The molecule has 2 N–H and O–H groups in total. The summed E-state index contributed by atoms with van der Waals surface area (Å²) in [5.74, 6) is 1.66. The molecule has 3 atom stereocenters. The Kier molecular flexibility index (Phi) is 5.24. The zero-order valence-electron chi connectivity index (χ0n) is 16.8. The predicted octanol–water partition coefficient (Wildman–Crippen LogP) is 2.49. The van der Waals surface area contributed by atoms with E-state index in [4.69, 9.17) is 9.47 Å². The predicted molar refractivity (Wildman–Crippen MR) is 106 cm³/mol. The van der Waals surface area contributed by atoms with Crippen LogP contribution in [0.25, 0.3) is 11.5 Å². The van der Waals surface area contributed by atoms with E-state index in [1.807, 2.05) is 28.8 Å². The van der Waals surface area contributed by atoms with E-state index >= 15 is 0 Å². The average molecular weight is 398 g/mol. The quantitative estimate of drug-likeness (QED) is 0.658. The largest absolute Gasteiger partial charge is 0.497 e. The van der Waals surface area contributed by atoms with Crippen LogP contribution >= 0.6 is 0 Å². The smallest absolute Gasteiger partial charge is 0.166 e. The number of ether oxygens (including phenoxy) is 2. The molecule has 1 aliphatic carbocycles. The van der Waals surface area contributed by atoms with Gasteiger partial charge in [0.15, 0.2) is 17.9 Å². The average Bonchev–Trinajstić information content (AvgIpc) is 3.32. The van der Waals surface area contributed by atoms with Crippen LogP contribution in [0.2, 0.25) is 0 Å². The molecule has 1 aromatic carbocycles. The lowest BCUT2D eigenvalue weighted by atomic mass is 10.1. The molecule has 154 valence electrons. The summed E-state index contributed by atoms with van der Waals surface area (Å²) in [5.41, 5.74) is 0.320. The highest BCUT2D eigenvalue weighted by Crippen LogP contribution is 2.33. The van der Waals surface area contributed by atoms with E-state index in [2.05, 4.69) is 15.0 Å². The number of imidazole rings is 1. The minimum absolute atomic E-state index is 0.0727. The Hall–Kier alpha value is -2.55. The molecule has 4 rings (SSSR count). The van der Waals surface area contributed by atoms with Crippen molar-refractivity contribution in [1.82, 2.24) is 19.5 Å². The van der Waals surface area contributed by atoms with Crippen molar-refractivity contribution >= 4 is 0 Å². The van der Waals surface area contributed by atoms with Gasteiger partial charge < -0.3 is 19.7 Å². The van der Waals surface area contributed by atoms with Crippen molar-refractivity contribution in [2.75, 3.05) is 7.11 Å². The van der Waals surface area contributed by atoms with Gasteiger partial charge in [-0.15, -0.1) is 0 Å². The van der Waals surface area contributed by atoms with E-state index in [1.165, 1.54) is 0 Å². The molecular formula is C21H26N4O4. The maximum atomic E-state index is 10.3. The summed E-state index contributed by atoms with van der Waals surface area (Å²) in [6.45, 7) is 3.30. The Morgan fingerprint density at radius 2 is 1.93 bits per heavy atom. The third-order valence-electron chi connectivity index (χ3n) is 5.18. The molecule has 0 spiro atoms. The van der Waals surface area contributed by atoms with Gasteiger partial charge in [0.25, 0.3) is 0 Å². The zero-order chi connectivity index (χ0) is 20.6. The van der Waals surface area contributed by atoms with Crippen LogP contribution in [0.5, 0.6) is 5.75 Å². The van der Waals surface area contributed by atoms with Crippen molar-refractivity contribution in [3.63, 3.8) is 0 Å². The summed E-state index contributed by atoms with van der Waals surface area (Å²) in [5, 5.41) is 20.2. The fourth-order valence-corrected chi connectivity index (χ4v) is 3.60. The maximum Gasteiger partial charge on any atom is 0.166 e. The van der Waals surface area contributed by atoms with Crippen LogP contribution in [-0.2, 0) is 10.3 Å². The Balaban J connectivity index is 1.76. The van der Waals surface area contributed by atoms with Gasteiger partial charge in [-0.1, -0.05) is 12.1 Å². The molecule has 1 saturated carbocycles. The normalized spacial score (nSPS) is 20.9. The Morgan fingerprint density at radius 1 is 1.17 bits per heavy atom. The lowest BCUT2D eigenvalue weighted by molar-refractivity contribution is -0.0311. The number of methoxy groups -OCH3 is 1. The maximum absolute atomic E-state index is 10.3. The summed E-state index contributed by atoms with van der Waals surface area (Å²) in [6, 6.07) is 7.63. The number of nitrogens with zero attached hydrogens (tertiary/aromatic N) is 4. The molecule has 3 unspecified atom stereocenters. The number of aliphatic hydroxyl groups is 2. The van der Waals surface area contributed by atoms with Gasteiger partial charge in [-0.3, -0.25) is 4.57 Å². The Labute approximate surface area is 169 Å². The van der Waals surface area contributed by atoms with Crippen LogP contribution in [0, 0.1) is 0 Å². The lowest BCUT2D eigenvalue weighted by Gasteiger charge is -2.26. The minimum Gasteiger partial charge on any atom is -0.497 e. The van der Waals surface area contributed by atoms with Crippen LogP contribution in [0.1, 0.15) is 50.7 Å². The highest BCUT2D eigenvalue weighted by atomic mass is 16.5. The molecule has 0 bridgehead atoms. The molecule has 0 saturated heterocycles. The molecule has 0 amide bonds. The number of hydrogen-bond acceptors (Lipinski definition) is 7. The van der Waals surface area contributed by atoms with Gasteiger partial charge in [0, 0.05) is 5.56 Å². The van der Waals surface area contributed by atoms with Gasteiger partial charge in [0.2, 0.25) is 0 Å². The molecule has 0 aromatic heterocycles. The molecule has 8 nitrogen and oxygen atoms in total. The topological polar surface area (TPSA) is 103 Å². The van der Waals surface area contributed by atoms with Crippen molar-refractivity contribution in [3.05, 3.63) is 48.2 Å². The molecule has 29 heavy (non-hydrogen) atoms. The highest BCUT2D eigenvalue weighted by molar-refractivity contribution is 5.51. The van der Waals surface area contributed by atoms with Gasteiger partial charge in [0.05, 0.1) is 31.8 Å². The van der Waals surface area contributed by atoms with Crippen LogP contribution in [0.4, 0.5) is 0 Å². The second-order valence-corrected chi connectivity index (χ2v) is 7.97. The Bertz CT molecular complexity index is 935. The molecular weight excluding hydrogens is 372 g/mol. The van der Waals surface area contributed by atoms with E-state index in [-0.39, 0.29) is 12.2 Å². The number of aromatic nitrogens is 4.